The quantitative estimate of drug-likeness (QED) is 0.761. The zero-order chi connectivity index (χ0) is 11.3. The molecule has 1 heterocycles. The molecule has 0 saturated heterocycles. The van der Waals surface area contributed by atoms with Gasteiger partial charge in [0.25, 0.3) is 0 Å². The first-order chi connectivity index (χ1) is 7.13. The highest BCUT2D eigenvalue weighted by Crippen LogP contribution is 2.05. The molecule has 5 heteroatoms. The minimum atomic E-state index is -0.813. The Balaban J connectivity index is 2.53. The average molecular weight is 209 g/mol. The molecule has 82 valence electrons. The average Bonchev–Trinajstić information content (AvgIpc) is 2.26. The number of rotatable bonds is 5. The van der Waals surface area contributed by atoms with Crippen LogP contribution >= 0.6 is 0 Å². The van der Waals surface area contributed by atoms with Crippen LogP contribution in [0.25, 0.3) is 0 Å². The molecule has 0 aliphatic rings. The zero-order valence-electron chi connectivity index (χ0n) is 8.90. The maximum absolute atomic E-state index is 10.6. The number of aromatic nitrogens is 2. The molecular formula is C10H15N3O2. The van der Waals surface area contributed by atoms with Gasteiger partial charge in [0, 0.05) is 18.3 Å². The van der Waals surface area contributed by atoms with E-state index in [1.165, 1.54) is 6.33 Å². The van der Waals surface area contributed by atoms with Gasteiger partial charge < -0.3 is 10.4 Å². The molecule has 0 bridgehead atoms. The van der Waals surface area contributed by atoms with Crippen LogP contribution in [0, 0.1) is 5.92 Å². The molecule has 0 saturated carbocycles. The predicted octanol–water partition coefficient (Wildman–Crippen LogP) is 1.17. The van der Waals surface area contributed by atoms with E-state index in [0.29, 0.717) is 12.4 Å². The fourth-order valence-electron chi connectivity index (χ4n) is 1.03. The number of hydrogen-bond donors (Lipinski definition) is 2. The van der Waals surface area contributed by atoms with Crippen molar-refractivity contribution in [3.8, 4) is 0 Å². The Kier molecular flexibility index (Phi) is 4.03. The lowest BCUT2D eigenvalue weighted by Crippen LogP contribution is -2.20. The Morgan fingerprint density at radius 3 is 2.93 bits per heavy atom. The normalized spacial score (nSPS) is 12.1. The van der Waals surface area contributed by atoms with Gasteiger partial charge in [0.05, 0.1) is 5.92 Å². The van der Waals surface area contributed by atoms with Crippen molar-refractivity contribution in [2.45, 2.75) is 20.3 Å². The highest BCUT2D eigenvalue weighted by Gasteiger charge is 2.10. The Morgan fingerprint density at radius 1 is 1.60 bits per heavy atom. The highest BCUT2D eigenvalue weighted by atomic mass is 16.4. The van der Waals surface area contributed by atoms with Gasteiger partial charge in [-0.3, -0.25) is 4.79 Å². The largest absolute Gasteiger partial charge is 0.481 e. The van der Waals surface area contributed by atoms with Crippen LogP contribution in [0.4, 0.5) is 5.82 Å². The van der Waals surface area contributed by atoms with Crippen molar-refractivity contribution in [2.75, 3.05) is 11.9 Å². The zero-order valence-corrected chi connectivity index (χ0v) is 8.90. The number of carboxylic acid groups (broad SMARTS) is 1. The Hall–Kier alpha value is -1.65. The van der Waals surface area contributed by atoms with Gasteiger partial charge in [0.2, 0.25) is 0 Å². The highest BCUT2D eigenvalue weighted by molar-refractivity contribution is 5.70. The number of aliphatic carboxylic acids is 1. The SMILES string of the molecule is CCc1cc(NCC(C)C(=O)O)ncn1. The van der Waals surface area contributed by atoms with Crippen molar-refractivity contribution < 1.29 is 9.90 Å². The number of carbonyl (C=O) groups is 1. The third kappa shape index (κ3) is 3.53. The molecule has 1 atom stereocenters. The summed E-state index contributed by atoms with van der Waals surface area (Å²) < 4.78 is 0. The fraction of sp³-hybridized carbons (Fsp3) is 0.500. The second kappa shape index (κ2) is 5.29. The van der Waals surface area contributed by atoms with E-state index in [1.54, 1.807) is 6.92 Å². The first-order valence-corrected chi connectivity index (χ1v) is 4.91. The number of nitrogens with zero attached hydrogens (tertiary/aromatic N) is 2. The van der Waals surface area contributed by atoms with Crippen LogP contribution in [-0.2, 0) is 11.2 Å². The number of nitrogens with one attached hydrogen (secondary N) is 1. The summed E-state index contributed by atoms with van der Waals surface area (Å²) >= 11 is 0. The number of carboxylic acids is 1. The first-order valence-electron chi connectivity index (χ1n) is 4.91. The van der Waals surface area contributed by atoms with Crippen LogP contribution in [0.2, 0.25) is 0 Å². The molecule has 1 rings (SSSR count). The van der Waals surface area contributed by atoms with Crippen LogP contribution in [0.15, 0.2) is 12.4 Å². The Bertz CT molecular complexity index is 341. The molecule has 5 nitrogen and oxygen atoms in total. The van der Waals surface area contributed by atoms with Gasteiger partial charge in [-0.25, -0.2) is 9.97 Å². The van der Waals surface area contributed by atoms with Crippen LogP contribution in [0.1, 0.15) is 19.5 Å². The van der Waals surface area contributed by atoms with Crippen molar-refractivity contribution >= 4 is 11.8 Å². The van der Waals surface area contributed by atoms with Crippen molar-refractivity contribution in [3.05, 3.63) is 18.1 Å². The van der Waals surface area contributed by atoms with Gasteiger partial charge in [0.15, 0.2) is 0 Å². The van der Waals surface area contributed by atoms with E-state index < -0.39 is 11.9 Å². The minimum Gasteiger partial charge on any atom is -0.481 e. The van der Waals surface area contributed by atoms with Crippen molar-refractivity contribution in [1.82, 2.24) is 9.97 Å². The molecule has 0 aliphatic carbocycles. The number of aryl methyl sites for hydroxylation is 1. The minimum absolute atomic E-state index is 0.371. The summed E-state index contributed by atoms with van der Waals surface area (Å²) in [6.45, 7) is 4.03. The molecule has 1 aromatic rings. The lowest BCUT2D eigenvalue weighted by molar-refractivity contribution is -0.140. The van der Waals surface area contributed by atoms with Crippen molar-refractivity contribution in [3.63, 3.8) is 0 Å². The molecule has 15 heavy (non-hydrogen) atoms. The second-order valence-electron chi connectivity index (χ2n) is 3.37. The molecule has 0 amide bonds. The predicted molar refractivity (Wildman–Crippen MR) is 56.7 cm³/mol. The van der Waals surface area contributed by atoms with Crippen molar-refractivity contribution in [2.24, 2.45) is 5.92 Å². The topological polar surface area (TPSA) is 75.1 Å². The summed E-state index contributed by atoms with van der Waals surface area (Å²) in [7, 11) is 0. The van der Waals surface area contributed by atoms with E-state index in [4.69, 9.17) is 5.11 Å². The summed E-state index contributed by atoms with van der Waals surface area (Å²) in [5.74, 6) is -0.563. The van der Waals surface area contributed by atoms with Gasteiger partial charge >= 0.3 is 5.97 Å². The maximum atomic E-state index is 10.6. The molecule has 0 aliphatic heterocycles. The van der Waals surface area contributed by atoms with Crippen LogP contribution in [0.5, 0.6) is 0 Å². The van der Waals surface area contributed by atoms with Crippen LogP contribution in [0.3, 0.4) is 0 Å². The molecule has 2 N–H and O–H groups in total. The molecular weight excluding hydrogens is 194 g/mol. The van der Waals surface area contributed by atoms with Gasteiger partial charge in [-0.1, -0.05) is 13.8 Å². The smallest absolute Gasteiger partial charge is 0.308 e. The summed E-state index contributed by atoms with van der Waals surface area (Å²) in [6, 6.07) is 1.83. The van der Waals surface area contributed by atoms with E-state index in [1.807, 2.05) is 13.0 Å². The van der Waals surface area contributed by atoms with E-state index in [-0.39, 0.29) is 0 Å². The van der Waals surface area contributed by atoms with E-state index in [9.17, 15) is 4.79 Å². The van der Waals surface area contributed by atoms with Crippen molar-refractivity contribution in [1.29, 1.82) is 0 Å². The summed E-state index contributed by atoms with van der Waals surface area (Å²) in [5, 5.41) is 11.7. The monoisotopic (exact) mass is 209 g/mol. The van der Waals surface area contributed by atoms with Crippen LogP contribution in [-0.4, -0.2) is 27.6 Å². The Morgan fingerprint density at radius 2 is 2.33 bits per heavy atom. The van der Waals surface area contributed by atoms with Gasteiger partial charge in [-0.2, -0.15) is 0 Å². The van der Waals surface area contributed by atoms with Gasteiger partial charge in [-0.05, 0) is 6.42 Å². The molecule has 1 aromatic heterocycles. The summed E-state index contributed by atoms with van der Waals surface area (Å²) in [4.78, 5) is 18.6. The van der Waals surface area contributed by atoms with E-state index in [0.717, 1.165) is 12.1 Å². The molecule has 0 radical (unpaired) electrons. The molecule has 0 aromatic carbocycles. The maximum Gasteiger partial charge on any atom is 0.308 e. The number of hydrogen-bond acceptors (Lipinski definition) is 4. The third-order valence-electron chi connectivity index (χ3n) is 2.10. The lowest BCUT2D eigenvalue weighted by Gasteiger charge is -2.08. The second-order valence-corrected chi connectivity index (χ2v) is 3.37. The Labute approximate surface area is 88.6 Å². The van der Waals surface area contributed by atoms with E-state index in [2.05, 4.69) is 15.3 Å². The number of anilines is 1. The van der Waals surface area contributed by atoms with Gasteiger partial charge in [-0.15, -0.1) is 0 Å². The third-order valence-corrected chi connectivity index (χ3v) is 2.10. The first kappa shape index (κ1) is 11.4. The fourth-order valence-corrected chi connectivity index (χ4v) is 1.03. The summed E-state index contributed by atoms with van der Waals surface area (Å²) in [5.41, 5.74) is 0.940. The standard InChI is InChI=1S/C10H15N3O2/c1-3-8-4-9(13-6-12-8)11-5-7(2)10(14)15/h4,6-7H,3,5H2,1-2H3,(H,14,15)(H,11,12,13). The molecule has 0 spiro atoms. The summed E-state index contributed by atoms with van der Waals surface area (Å²) in [6.07, 6.45) is 2.32. The van der Waals surface area contributed by atoms with Crippen LogP contribution < -0.4 is 5.32 Å². The molecule has 0 fully saturated rings. The lowest BCUT2D eigenvalue weighted by atomic mass is 10.2. The van der Waals surface area contributed by atoms with Gasteiger partial charge in [0.1, 0.15) is 12.1 Å². The molecule has 1 unspecified atom stereocenters. The van der Waals surface area contributed by atoms with E-state index >= 15 is 0 Å².